The van der Waals surface area contributed by atoms with Crippen LogP contribution in [0.15, 0.2) is 73.1 Å². The maximum Gasteiger partial charge on any atom is 0.255 e. The van der Waals surface area contributed by atoms with E-state index in [0.29, 0.717) is 36.0 Å². The van der Waals surface area contributed by atoms with Crippen molar-refractivity contribution in [2.75, 3.05) is 36.5 Å². The van der Waals surface area contributed by atoms with E-state index in [1.807, 2.05) is 48.5 Å². The Balaban J connectivity index is 1.40. The number of amides is 1. The van der Waals surface area contributed by atoms with Crippen molar-refractivity contribution >= 4 is 17.3 Å². The molecule has 0 atom stereocenters. The van der Waals surface area contributed by atoms with Gasteiger partial charge in [-0.05, 0) is 54.6 Å². The molecule has 1 amide bonds. The lowest BCUT2D eigenvalue weighted by molar-refractivity contribution is 0.102. The Morgan fingerprint density at radius 1 is 0.964 bits per heavy atom. The van der Waals surface area contributed by atoms with Crippen LogP contribution in [0.2, 0.25) is 0 Å². The second kappa shape index (κ2) is 8.54. The highest BCUT2D eigenvalue weighted by atomic mass is 16.5. The number of aromatic nitrogens is 1. The molecule has 0 saturated carbocycles. The second-order valence-electron chi connectivity index (χ2n) is 6.41. The monoisotopic (exact) mass is 375 g/mol. The summed E-state index contributed by atoms with van der Waals surface area (Å²) in [7, 11) is 0. The van der Waals surface area contributed by atoms with Crippen molar-refractivity contribution in [1.29, 1.82) is 0 Å². The molecule has 6 heteroatoms. The first kappa shape index (κ1) is 18.0. The molecule has 3 aromatic rings. The highest BCUT2D eigenvalue weighted by Crippen LogP contribution is 2.23. The van der Waals surface area contributed by atoms with Gasteiger partial charge in [0.1, 0.15) is 11.5 Å². The Hall–Kier alpha value is -3.38. The van der Waals surface area contributed by atoms with Crippen LogP contribution in [0.3, 0.4) is 0 Å². The van der Waals surface area contributed by atoms with Gasteiger partial charge in [0.25, 0.3) is 5.91 Å². The van der Waals surface area contributed by atoms with Crippen LogP contribution >= 0.6 is 0 Å². The van der Waals surface area contributed by atoms with Crippen molar-refractivity contribution in [3.63, 3.8) is 0 Å². The van der Waals surface area contributed by atoms with E-state index in [9.17, 15) is 4.79 Å². The number of nitrogens with zero attached hydrogens (tertiary/aromatic N) is 2. The van der Waals surface area contributed by atoms with Crippen LogP contribution < -0.4 is 15.0 Å². The Labute approximate surface area is 163 Å². The van der Waals surface area contributed by atoms with E-state index in [0.717, 1.165) is 18.8 Å². The summed E-state index contributed by atoms with van der Waals surface area (Å²) in [4.78, 5) is 18.8. The van der Waals surface area contributed by atoms with Crippen molar-refractivity contribution in [2.45, 2.75) is 0 Å². The number of pyridine rings is 1. The number of anilines is 2. The van der Waals surface area contributed by atoms with Gasteiger partial charge >= 0.3 is 0 Å². The quantitative estimate of drug-likeness (QED) is 0.731. The maximum absolute atomic E-state index is 12.6. The predicted octanol–water partition coefficient (Wildman–Crippen LogP) is 3.96. The van der Waals surface area contributed by atoms with Crippen molar-refractivity contribution in [2.24, 2.45) is 0 Å². The molecule has 0 unspecified atom stereocenters. The van der Waals surface area contributed by atoms with Crippen LogP contribution in [0.1, 0.15) is 10.4 Å². The summed E-state index contributed by atoms with van der Waals surface area (Å²) in [5.41, 5.74) is 2.38. The molecule has 4 rings (SSSR count). The van der Waals surface area contributed by atoms with Gasteiger partial charge in [0.2, 0.25) is 0 Å². The molecule has 0 aliphatic carbocycles. The number of rotatable bonds is 5. The molecule has 1 aliphatic rings. The van der Waals surface area contributed by atoms with Crippen LogP contribution in [-0.4, -0.2) is 37.2 Å². The molecule has 0 bridgehead atoms. The lowest BCUT2D eigenvalue weighted by Gasteiger charge is -2.29. The lowest BCUT2D eigenvalue weighted by atomic mass is 10.1. The minimum absolute atomic E-state index is 0.141. The third kappa shape index (κ3) is 4.47. The third-order valence-corrected chi connectivity index (χ3v) is 4.48. The number of carbonyl (C=O) groups excluding carboxylic acids is 1. The van der Waals surface area contributed by atoms with Crippen LogP contribution in [-0.2, 0) is 4.74 Å². The summed E-state index contributed by atoms with van der Waals surface area (Å²) < 4.78 is 11.1. The third-order valence-electron chi connectivity index (χ3n) is 4.48. The van der Waals surface area contributed by atoms with Crippen molar-refractivity contribution in [1.82, 2.24) is 4.98 Å². The maximum atomic E-state index is 12.6. The van der Waals surface area contributed by atoms with Crippen molar-refractivity contribution in [3.8, 4) is 11.5 Å². The van der Waals surface area contributed by atoms with Crippen LogP contribution in [0, 0.1) is 0 Å². The summed E-state index contributed by atoms with van der Waals surface area (Å²) >= 11 is 0. The van der Waals surface area contributed by atoms with Crippen LogP contribution in [0.5, 0.6) is 11.5 Å². The number of benzene rings is 2. The number of nitrogens with one attached hydrogen (secondary N) is 1. The van der Waals surface area contributed by atoms with E-state index >= 15 is 0 Å². The van der Waals surface area contributed by atoms with Crippen molar-refractivity contribution in [3.05, 3.63) is 78.6 Å². The van der Waals surface area contributed by atoms with E-state index in [4.69, 9.17) is 9.47 Å². The molecule has 1 fully saturated rings. The van der Waals surface area contributed by atoms with Gasteiger partial charge in [0, 0.05) is 42.4 Å². The zero-order valence-corrected chi connectivity index (χ0v) is 15.4. The number of ether oxygens (including phenoxy) is 2. The molecule has 1 aliphatic heterocycles. The first-order valence-corrected chi connectivity index (χ1v) is 9.20. The fourth-order valence-electron chi connectivity index (χ4n) is 3.02. The first-order chi connectivity index (χ1) is 13.8. The predicted molar refractivity (Wildman–Crippen MR) is 108 cm³/mol. The standard InChI is InChI=1S/C22H21N3O3/c26-22(17-2-1-3-19(16-17)25-12-14-27-15-13-25)24-18-4-6-20(7-5-18)28-21-8-10-23-11-9-21/h1-11,16H,12-15H2,(H,24,26). The van der Waals surface area contributed by atoms with Gasteiger partial charge in [-0.2, -0.15) is 0 Å². The van der Waals surface area contributed by atoms with Gasteiger partial charge in [-0.3, -0.25) is 9.78 Å². The highest BCUT2D eigenvalue weighted by Gasteiger charge is 2.13. The molecule has 6 nitrogen and oxygen atoms in total. The Morgan fingerprint density at radius 2 is 1.68 bits per heavy atom. The molecule has 1 saturated heterocycles. The lowest BCUT2D eigenvalue weighted by Crippen LogP contribution is -2.36. The summed E-state index contributed by atoms with van der Waals surface area (Å²) in [5, 5.41) is 2.93. The minimum Gasteiger partial charge on any atom is -0.457 e. The summed E-state index contributed by atoms with van der Waals surface area (Å²) in [6, 6.07) is 18.5. The summed E-state index contributed by atoms with van der Waals surface area (Å²) in [5.74, 6) is 1.27. The van der Waals surface area contributed by atoms with Gasteiger partial charge in [0.15, 0.2) is 0 Å². The van der Waals surface area contributed by atoms with Crippen molar-refractivity contribution < 1.29 is 14.3 Å². The average molecular weight is 375 g/mol. The largest absolute Gasteiger partial charge is 0.457 e. The zero-order valence-electron chi connectivity index (χ0n) is 15.4. The number of carbonyl (C=O) groups is 1. The van der Waals surface area contributed by atoms with E-state index in [2.05, 4.69) is 15.2 Å². The van der Waals surface area contributed by atoms with Gasteiger partial charge in [-0.25, -0.2) is 0 Å². The molecule has 142 valence electrons. The summed E-state index contributed by atoms with van der Waals surface area (Å²) in [6.07, 6.45) is 3.35. The second-order valence-corrected chi connectivity index (χ2v) is 6.41. The van der Waals surface area contributed by atoms with E-state index in [1.165, 1.54) is 0 Å². The molecule has 0 radical (unpaired) electrons. The van der Waals surface area contributed by atoms with Gasteiger partial charge in [0.05, 0.1) is 13.2 Å². The topological polar surface area (TPSA) is 63.7 Å². The van der Waals surface area contributed by atoms with Crippen LogP contribution in [0.25, 0.3) is 0 Å². The summed E-state index contributed by atoms with van der Waals surface area (Å²) in [6.45, 7) is 3.10. The van der Waals surface area contributed by atoms with Gasteiger partial charge in [-0.15, -0.1) is 0 Å². The highest BCUT2D eigenvalue weighted by molar-refractivity contribution is 6.04. The number of morpholine rings is 1. The molecule has 28 heavy (non-hydrogen) atoms. The molecular formula is C22H21N3O3. The number of hydrogen-bond donors (Lipinski definition) is 1. The van der Waals surface area contributed by atoms with E-state index in [1.54, 1.807) is 24.5 Å². The van der Waals surface area contributed by atoms with E-state index in [-0.39, 0.29) is 5.91 Å². The fraction of sp³-hybridized carbons (Fsp3) is 0.182. The van der Waals surface area contributed by atoms with E-state index < -0.39 is 0 Å². The fourth-order valence-corrected chi connectivity index (χ4v) is 3.02. The van der Waals surface area contributed by atoms with Gasteiger partial charge in [-0.1, -0.05) is 6.07 Å². The normalized spacial score (nSPS) is 13.8. The molecule has 1 aromatic heterocycles. The molecule has 1 N–H and O–H groups in total. The SMILES string of the molecule is O=C(Nc1ccc(Oc2ccncc2)cc1)c1cccc(N2CCOCC2)c1. The molecular weight excluding hydrogens is 354 g/mol. The first-order valence-electron chi connectivity index (χ1n) is 9.20. The molecule has 0 spiro atoms. The Bertz CT molecular complexity index is 923. The zero-order chi connectivity index (χ0) is 19.2. The van der Waals surface area contributed by atoms with Gasteiger partial charge < -0.3 is 19.7 Å². The minimum atomic E-state index is -0.141. The Kier molecular flexibility index (Phi) is 5.49. The smallest absolute Gasteiger partial charge is 0.255 e. The number of hydrogen-bond acceptors (Lipinski definition) is 5. The average Bonchev–Trinajstić information content (AvgIpc) is 2.76. The molecule has 2 heterocycles. The Morgan fingerprint density at radius 3 is 2.43 bits per heavy atom. The van der Waals surface area contributed by atoms with Crippen LogP contribution in [0.4, 0.5) is 11.4 Å². The molecule has 2 aromatic carbocycles.